The van der Waals surface area contributed by atoms with Crippen molar-refractivity contribution in [1.82, 2.24) is 10.2 Å². The quantitative estimate of drug-likeness (QED) is 0.808. The van der Waals surface area contributed by atoms with E-state index in [-0.39, 0.29) is 23.7 Å². The number of rotatable bonds is 4. The van der Waals surface area contributed by atoms with E-state index in [1.54, 1.807) is 4.90 Å². The van der Waals surface area contributed by atoms with Gasteiger partial charge in [0.05, 0.1) is 11.8 Å². The van der Waals surface area contributed by atoms with E-state index in [0.29, 0.717) is 24.4 Å². The van der Waals surface area contributed by atoms with Crippen LogP contribution in [0.15, 0.2) is 0 Å². The molecule has 0 aromatic rings. The molecule has 1 aliphatic carbocycles. The maximum Gasteiger partial charge on any atom is 0.233 e. The second-order valence-corrected chi connectivity index (χ2v) is 7.12. The van der Waals surface area contributed by atoms with Crippen LogP contribution in [0.4, 0.5) is 0 Å². The lowest BCUT2D eigenvalue weighted by molar-refractivity contribution is -0.141. The topological polar surface area (TPSA) is 49.4 Å². The van der Waals surface area contributed by atoms with Crippen molar-refractivity contribution in [2.45, 2.75) is 58.4 Å². The molecule has 4 nitrogen and oxygen atoms in total. The summed E-state index contributed by atoms with van der Waals surface area (Å²) in [4.78, 5) is 26.8. The van der Waals surface area contributed by atoms with Gasteiger partial charge >= 0.3 is 0 Å². The average Bonchev–Trinajstić information content (AvgIpc) is 3.03. The van der Waals surface area contributed by atoms with Gasteiger partial charge in [-0.15, -0.1) is 0 Å². The van der Waals surface area contributed by atoms with Crippen LogP contribution in [0, 0.1) is 23.7 Å². The van der Waals surface area contributed by atoms with Gasteiger partial charge in [0.2, 0.25) is 11.8 Å². The number of hydrogen-bond donors (Lipinski definition) is 1. The first-order valence-corrected chi connectivity index (χ1v) is 8.74. The summed E-state index contributed by atoms with van der Waals surface area (Å²) in [5, 5.41) is 3.53. The van der Waals surface area contributed by atoms with Gasteiger partial charge in [-0.25, -0.2) is 0 Å². The smallest absolute Gasteiger partial charge is 0.233 e. The minimum Gasteiger partial charge on any atom is -0.312 e. The standard InChI is InChI=1S/C17H28N2O2/c1-3-11-8-13-14(9-11)17(21)19(16(13)20)10-15-12(4-2)6-5-7-18-15/h11-15,18H,3-10H2,1-2H3. The third kappa shape index (κ3) is 2.63. The van der Waals surface area contributed by atoms with E-state index < -0.39 is 0 Å². The Bertz CT molecular complexity index is 399. The van der Waals surface area contributed by atoms with Crippen LogP contribution in [-0.2, 0) is 9.59 Å². The SMILES string of the molecule is CCC1CC2C(=O)N(CC3NCCCC3CC)C(=O)C2C1. The highest BCUT2D eigenvalue weighted by molar-refractivity contribution is 6.05. The van der Waals surface area contributed by atoms with Crippen LogP contribution >= 0.6 is 0 Å². The molecular formula is C17H28N2O2. The predicted molar refractivity (Wildman–Crippen MR) is 81.5 cm³/mol. The summed E-state index contributed by atoms with van der Waals surface area (Å²) < 4.78 is 0. The second kappa shape index (κ2) is 6.07. The van der Waals surface area contributed by atoms with Gasteiger partial charge in [-0.05, 0) is 44.1 Å². The zero-order chi connectivity index (χ0) is 15.0. The number of nitrogens with one attached hydrogen (secondary N) is 1. The molecule has 3 aliphatic rings. The summed E-state index contributed by atoms with van der Waals surface area (Å²) in [6, 6.07) is 0.303. The van der Waals surface area contributed by atoms with Gasteiger partial charge in [-0.1, -0.05) is 26.7 Å². The van der Waals surface area contributed by atoms with Crippen molar-refractivity contribution in [3.63, 3.8) is 0 Å². The van der Waals surface area contributed by atoms with Crippen molar-refractivity contribution < 1.29 is 9.59 Å². The molecule has 4 atom stereocenters. The first-order chi connectivity index (χ1) is 10.2. The maximum atomic E-state index is 12.6. The van der Waals surface area contributed by atoms with Crippen LogP contribution in [0.5, 0.6) is 0 Å². The average molecular weight is 292 g/mol. The maximum absolute atomic E-state index is 12.6. The summed E-state index contributed by atoms with van der Waals surface area (Å²) in [5.74, 6) is 1.39. The Labute approximate surface area is 127 Å². The summed E-state index contributed by atoms with van der Waals surface area (Å²) in [5.41, 5.74) is 0. The molecule has 118 valence electrons. The Morgan fingerprint density at radius 2 is 1.76 bits per heavy atom. The number of imide groups is 1. The number of piperidine rings is 1. The zero-order valence-corrected chi connectivity index (χ0v) is 13.3. The third-order valence-electron chi connectivity index (χ3n) is 6.03. The first-order valence-electron chi connectivity index (χ1n) is 8.74. The Kier molecular flexibility index (Phi) is 4.34. The van der Waals surface area contributed by atoms with Gasteiger partial charge in [0, 0.05) is 12.6 Å². The molecule has 2 aliphatic heterocycles. The number of carbonyl (C=O) groups is 2. The zero-order valence-electron chi connectivity index (χ0n) is 13.3. The van der Waals surface area contributed by atoms with Crippen molar-refractivity contribution in [2.24, 2.45) is 23.7 Å². The molecule has 0 spiro atoms. The molecule has 3 rings (SSSR count). The highest BCUT2D eigenvalue weighted by Crippen LogP contribution is 2.44. The monoisotopic (exact) mass is 292 g/mol. The Morgan fingerprint density at radius 1 is 1.10 bits per heavy atom. The number of hydrogen-bond acceptors (Lipinski definition) is 3. The normalized spacial score (nSPS) is 39.9. The van der Waals surface area contributed by atoms with E-state index in [0.717, 1.165) is 32.2 Å². The third-order valence-corrected chi connectivity index (χ3v) is 6.03. The predicted octanol–water partition coefficient (Wildman–Crippen LogP) is 2.19. The van der Waals surface area contributed by atoms with Crippen LogP contribution < -0.4 is 5.32 Å². The van der Waals surface area contributed by atoms with Gasteiger partial charge in [-0.3, -0.25) is 14.5 Å². The number of nitrogens with zero attached hydrogens (tertiary/aromatic N) is 1. The van der Waals surface area contributed by atoms with Crippen LogP contribution in [0.1, 0.15) is 52.4 Å². The van der Waals surface area contributed by atoms with Gasteiger partial charge in [-0.2, -0.15) is 0 Å². The molecular weight excluding hydrogens is 264 g/mol. The number of likely N-dealkylation sites (tertiary alicyclic amines) is 1. The van der Waals surface area contributed by atoms with Gasteiger partial charge in [0.15, 0.2) is 0 Å². The number of fused-ring (bicyclic) bond motifs is 1. The first kappa shape index (κ1) is 15.0. The highest BCUT2D eigenvalue weighted by atomic mass is 16.2. The van der Waals surface area contributed by atoms with Crippen molar-refractivity contribution >= 4 is 11.8 Å². The lowest BCUT2D eigenvalue weighted by Crippen LogP contribution is -2.50. The molecule has 21 heavy (non-hydrogen) atoms. The number of amides is 2. The van der Waals surface area contributed by atoms with Crippen LogP contribution in [0.25, 0.3) is 0 Å². The van der Waals surface area contributed by atoms with E-state index in [1.807, 2.05) is 0 Å². The Hall–Kier alpha value is -0.900. The molecule has 1 N–H and O–H groups in total. The molecule has 4 heteroatoms. The van der Waals surface area contributed by atoms with Gasteiger partial charge in [0.25, 0.3) is 0 Å². The summed E-state index contributed by atoms with van der Waals surface area (Å²) in [6.07, 6.45) is 6.50. The van der Waals surface area contributed by atoms with Crippen LogP contribution in [-0.4, -0.2) is 35.8 Å². The van der Waals surface area contributed by atoms with Crippen LogP contribution in [0.2, 0.25) is 0 Å². The van der Waals surface area contributed by atoms with E-state index >= 15 is 0 Å². The van der Waals surface area contributed by atoms with Crippen LogP contribution in [0.3, 0.4) is 0 Å². The van der Waals surface area contributed by atoms with E-state index in [1.165, 1.54) is 12.8 Å². The van der Waals surface area contributed by atoms with Crippen molar-refractivity contribution in [1.29, 1.82) is 0 Å². The molecule has 0 bridgehead atoms. The van der Waals surface area contributed by atoms with Crippen molar-refractivity contribution in [3.8, 4) is 0 Å². The van der Waals surface area contributed by atoms with Crippen molar-refractivity contribution in [2.75, 3.05) is 13.1 Å². The summed E-state index contributed by atoms with van der Waals surface area (Å²) in [6.45, 7) is 5.98. The summed E-state index contributed by atoms with van der Waals surface area (Å²) in [7, 11) is 0. The lowest BCUT2D eigenvalue weighted by Gasteiger charge is -2.34. The molecule has 4 unspecified atom stereocenters. The van der Waals surface area contributed by atoms with E-state index in [9.17, 15) is 9.59 Å². The van der Waals surface area contributed by atoms with E-state index in [4.69, 9.17) is 0 Å². The molecule has 0 radical (unpaired) electrons. The fourth-order valence-corrected chi connectivity index (χ4v) is 4.63. The van der Waals surface area contributed by atoms with Gasteiger partial charge in [0.1, 0.15) is 0 Å². The largest absolute Gasteiger partial charge is 0.312 e. The molecule has 2 saturated heterocycles. The van der Waals surface area contributed by atoms with Crippen molar-refractivity contribution in [3.05, 3.63) is 0 Å². The molecule has 2 amide bonds. The van der Waals surface area contributed by atoms with E-state index in [2.05, 4.69) is 19.2 Å². The molecule has 3 fully saturated rings. The molecule has 0 aromatic heterocycles. The number of carbonyl (C=O) groups excluding carboxylic acids is 2. The highest BCUT2D eigenvalue weighted by Gasteiger charge is 2.52. The summed E-state index contributed by atoms with van der Waals surface area (Å²) >= 11 is 0. The minimum absolute atomic E-state index is 0.00822. The fourth-order valence-electron chi connectivity index (χ4n) is 4.63. The fraction of sp³-hybridized carbons (Fsp3) is 0.882. The Balaban J connectivity index is 1.67. The Morgan fingerprint density at radius 3 is 2.33 bits per heavy atom. The second-order valence-electron chi connectivity index (χ2n) is 7.12. The minimum atomic E-state index is -0.00822. The molecule has 0 aromatic carbocycles. The molecule has 2 heterocycles. The molecule has 1 saturated carbocycles. The lowest BCUT2D eigenvalue weighted by atomic mass is 9.88. The van der Waals surface area contributed by atoms with Gasteiger partial charge < -0.3 is 5.32 Å².